The van der Waals surface area contributed by atoms with Crippen LogP contribution in [0.25, 0.3) is 0 Å². The molecule has 0 aromatic heterocycles. The van der Waals surface area contributed by atoms with Crippen LogP contribution in [0.5, 0.6) is 0 Å². The zero-order chi connectivity index (χ0) is 13.8. The minimum absolute atomic E-state index is 0.0573. The van der Waals surface area contributed by atoms with E-state index in [-0.39, 0.29) is 10.9 Å². The van der Waals surface area contributed by atoms with Gasteiger partial charge in [-0.15, -0.1) is 0 Å². The third-order valence-electron chi connectivity index (χ3n) is 2.40. The van der Waals surface area contributed by atoms with Crippen LogP contribution in [-0.2, 0) is 4.57 Å². The predicted molar refractivity (Wildman–Crippen MR) is 68.0 cm³/mol. The molecule has 0 fully saturated rings. The van der Waals surface area contributed by atoms with Crippen molar-refractivity contribution in [2.45, 2.75) is 0 Å². The Morgan fingerprint density at radius 1 is 1.16 bits per heavy atom. The van der Waals surface area contributed by atoms with Crippen LogP contribution in [0.2, 0.25) is 0 Å². The van der Waals surface area contributed by atoms with E-state index in [4.69, 9.17) is 0 Å². The molecule has 96 valence electrons. The SMILES string of the molecule is O=C(Nc1cccc(F)c1)c1cccc([P+](=O)[O-])c1. The molecule has 19 heavy (non-hydrogen) atoms. The molecule has 1 N–H and O–H groups in total. The highest BCUT2D eigenvalue weighted by molar-refractivity contribution is 7.45. The summed E-state index contributed by atoms with van der Waals surface area (Å²) in [6.45, 7) is 0. The van der Waals surface area contributed by atoms with Crippen molar-refractivity contribution < 1.29 is 18.6 Å². The summed E-state index contributed by atoms with van der Waals surface area (Å²) in [4.78, 5) is 22.7. The van der Waals surface area contributed by atoms with Crippen molar-refractivity contribution in [3.63, 3.8) is 0 Å². The average Bonchev–Trinajstić information content (AvgIpc) is 2.39. The van der Waals surface area contributed by atoms with Gasteiger partial charge in [-0.05, 0) is 30.3 Å². The number of benzene rings is 2. The smallest absolute Gasteiger partial charge is 0.348 e. The summed E-state index contributed by atoms with van der Waals surface area (Å²) in [5, 5.41) is 2.55. The van der Waals surface area contributed by atoms with Gasteiger partial charge in [-0.1, -0.05) is 16.7 Å². The van der Waals surface area contributed by atoms with Crippen LogP contribution in [0.1, 0.15) is 10.4 Å². The molecular formula is C13H9FNO3P. The lowest BCUT2D eigenvalue weighted by molar-refractivity contribution is -0.160. The molecule has 2 rings (SSSR count). The Bertz CT molecular complexity index is 645. The largest absolute Gasteiger partial charge is 0.591 e. The molecule has 6 heteroatoms. The van der Waals surface area contributed by atoms with Crippen LogP contribution in [0.3, 0.4) is 0 Å². The van der Waals surface area contributed by atoms with Crippen molar-refractivity contribution in [3.8, 4) is 0 Å². The highest BCUT2D eigenvalue weighted by Gasteiger charge is 2.12. The second kappa shape index (κ2) is 5.69. The Balaban J connectivity index is 2.20. The maximum atomic E-state index is 13.0. The van der Waals surface area contributed by atoms with Gasteiger partial charge in [0, 0.05) is 17.3 Å². The number of carbonyl (C=O) groups is 1. The third-order valence-corrected chi connectivity index (χ3v) is 3.10. The first-order valence-electron chi connectivity index (χ1n) is 5.37. The Hall–Kier alpha value is -2.10. The minimum Gasteiger partial charge on any atom is -0.591 e. The van der Waals surface area contributed by atoms with Gasteiger partial charge in [-0.2, -0.15) is 0 Å². The van der Waals surface area contributed by atoms with Gasteiger partial charge in [0.25, 0.3) is 5.91 Å². The van der Waals surface area contributed by atoms with Crippen molar-refractivity contribution in [1.29, 1.82) is 0 Å². The lowest BCUT2D eigenvalue weighted by atomic mass is 10.2. The van der Waals surface area contributed by atoms with Gasteiger partial charge in [-0.25, -0.2) is 4.39 Å². The molecular weight excluding hydrogens is 268 g/mol. The van der Waals surface area contributed by atoms with Crippen molar-refractivity contribution in [3.05, 3.63) is 59.9 Å². The highest BCUT2D eigenvalue weighted by Crippen LogP contribution is 2.13. The lowest BCUT2D eigenvalue weighted by Gasteiger charge is -2.05. The standard InChI is InChI=1S/C13H9FNO3P/c14-10-4-2-5-11(8-10)15-13(16)9-3-1-6-12(7-9)19(17)18/h1-8H,(H,15,16). The highest BCUT2D eigenvalue weighted by atomic mass is 31.1. The number of carbonyl (C=O) groups excluding carboxylic acids is 1. The van der Waals surface area contributed by atoms with Crippen LogP contribution >= 0.6 is 8.03 Å². The van der Waals surface area contributed by atoms with Gasteiger partial charge in [0.05, 0.1) is 0 Å². The van der Waals surface area contributed by atoms with Crippen LogP contribution in [0.4, 0.5) is 10.1 Å². The first-order valence-corrected chi connectivity index (χ1v) is 6.55. The topological polar surface area (TPSA) is 69.2 Å². The second-order valence-corrected chi connectivity index (χ2v) is 4.80. The van der Waals surface area contributed by atoms with Crippen LogP contribution in [0, 0.1) is 5.82 Å². The molecule has 0 saturated heterocycles. The lowest BCUT2D eigenvalue weighted by Crippen LogP contribution is -2.14. The Morgan fingerprint density at radius 3 is 2.58 bits per heavy atom. The number of nitrogens with one attached hydrogen (secondary N) is 1. The summed E-state index contributed by atoms with van der Waals surface area (Å²) in [6, 6.07) is 11.1. The minimum atomic E-state index is -2.74. The van der Waals surface area contributed by atoms with Crippen LogP contribution in [-0.4, -0.2) is 5.91 Å². The van der Waals surface area contributed by atoms with E-state index >= 15 is 0 Å². The first-order chi connectivity index (χ1) is 9.06. The molecule has 1 unspecified atom stereocenters. The van der Waals surface area contributed by atoms with E-state index in [2.05, 4.69) is 5.32 Å². The van der Waals surface area contributed by atoms with E-state index in [0.717, 1.165) is 0 Å². The molecule has 0 aliphatic heterocycles. The molecule has 0 spiro atoms. The summed E-state index contributed by atoms with van der Waals surface area (Å²) in [6.07, 6.45) is 0. The predicted octanol–water partition coefficient (Wildman–Crippen LogP) is 1.81. The Kier molecular flexibility index (Phi) is 4.00. The van der Waals surface area contributed by atoms with Crippen molar-refractivity contribution in [2.24, 2.45) is 0 Å². The van der Waals surface area contributed by atoms with E-state index in [1.807, 2.05) is 0 Å². The molecule has 2 aromatic carbocycles. The monoisotopic (exact) mass is 277 g/mol. The van der Waals surface area contributed by atoms with Crippen LogP contribution < -0.4 is 15.5 Å². The summed E-state index contributed by atoms with van der Waals surface area (Å²) in [5.74, 6) is -0.960. The number of halogens is 1. The van der Waals surface area contributed by atoms with E-state index in [0.29, 0.717) is 5.69 Å². The maximum Gasteiger partial charge on any atom is 0.348 e. The number of hydrogen-bond donors (Lipinski definition) is 1. The first kappa shape index (κ1) is 13.3. The average molecular weight is 277 g/mol. The molecule has 0 heterocycles. The number of hydrogen-bond acceptors (Lipinski definition) is 3. The van der Waals surface area contributed by atoms with E-state index < -0.39 is 19.8 Å². The van der Waals surface area contributed by atoms with Crippen LogP contribution in [0.15, 0.2) is 48.5 Å². The molecule has 4 nitrogen and oxygen atoms in total. The van der Waals surface area contributed by atoms with Gasteiger partial charge >= 0.3 is 8.03 Å². The van der Waals surface area contributed by atoms with E-state index in [1.165, 1.54) is 42.5 Å². The van der Waals surface area contributed by atoms with E-state index in [9.17, 15) is 18.6 Å². The van der Waals surface area contributed by atoms with Crippen molar-refractivity contribution >= 4 is 24.9 Å². The summed E-state index contributed by atoms with van der Waals surface area (Å²) in [7, 11) is -2.74. The molecule has 1 amide bonds. The fraction of sp³-hybridized carbons (Fsp3) is 0. The molecule has 0 bridgehead atoms. The van der Waals surface area contributed by atoms with Crippen molar-refractivity contribution in [2.75, 3.05) is 5.32 Å². The molecule has 2 aromatic rings. The molecule has 0 aliphatic carbocycles. The van der Waals surface area contributed by atoms with E-state index in [1.54, 1.807) is 6.07 Å². The fourth-order valence-corrected chi connectivity index (χ4v) is 1.98. The van der Waals surface area contributed by atoms with Gasteiger partial charge in [-0.3, -0.25) is 4.79 Å². The van der Waals surface area contributed by atoms with Gasteiger partial charge in [0.15, 0.2) is 5.30 Å². The maximum absolute atomic E-state index is 13.0. The number of amides is 1. The zero-order valence-corrected chi connectivity index (χ0v) is 10.6. The number of rotatable bonds is 3. The summed E-state index contributed by atoms with van der Waals surface area (Å²) >= 11 is 0. The quantitative estimate of drug-likeness (QED) is 0.870. The fourth-order valence-electron chi connectivity index (χ4n) is 1.53. The molecule has 0 saturated carbocycles. The van der Waals surface area contributed by atoms with Gasteiger partial charge < -0.3 is 10.2 Å². The van der Waals surface area contributed by atoms with Crippen molar-refractivity contribution in [1.82, 2.24) is 0 Å². The molecule has 0 aliphatic rings. The molecule has 1 atom stereocenters. The summed E-state index contributed by atoms with van der Waals surface area (Å²) < 4.78 is 23.8. The summed E-state index contributed by atoms with van der Waals surface area (Å²) in [5.41, 5.74) is 0.503. The Labute approximate surface area is 109 Å². The zero-order valence-electron chi connectivity index (χ0n) is 9.67. The Morgan fingerprint density at radius 2 is 1.89 bits per heavy atom. The number of anilines is 1. The second-order valence-electron chi connectivity index (χ2n) is 3.77. The van der Waals surface area contributed by atoms with Gasteiger partial charge in [0.2, 0.25) is 0 Å². The third kappa shape index (κ3) is 3.44. The van der Waals surface area contributed by atoms with Gasteiger partial charge in [0.1, 0.15) is 5.82 Å². The molecule has 0 radical (unpaired) electrons. The normalized spacial score (nSPS) is 10.9.